The van der Waals surface area contributed by atoms with E-state index >= 15 is 0 Å². The fourth-order valence-electron chi connectivity index (χ4n) is 1.46. The standard InChI is InChI=1S/C11H14ClN3S/c1-4-6(2)13-9-8-5-7(3)16-10(8)15-11(12)14-9/h5-6H,4H2,1-3H3,(H,13,14,15). The van der Waals surface area contributed by atoms with Crippen LogP contribution in [-0.4, -0.2) is 16.0 Å². The molecular formula is C11H14ClN3S. The predicted octanol–water partition coefficient (Wildman–Crippen LogP) is 3.86. The van der Waals surface area contributed by atoms with Crippen LogP contribution in [0.3, 0.4) is 0 Å². The van der Waals surface area contributed by atoms with Crippen molar-refractivity contribution in [2.45, 2.75) is 33.2 Å². The van der Waals surface area contributed by atoms with Crippen molar-refractivity contribution >= 4 is 39.0 Å². The number of aryl methyl sites for hydroxylation is 1. The largest absolute Gasteiger partial charge is 0.367 e. The Morgan fingerprint density at radius 1 is 1.50 bits per heavy atom. The van der Waals surface area contributed by atoms with E-state index < -0.39 is 0 Å². The van der Waals surface area contributed by atoms with Crippen LogP contribution in [-0.2, 0) is 0 Å². The first-order chi connectivity index (χ1) is 7.60. The number of nitrogens with zero attached hydrogens (tertiary/aromatic N) is 2. The molecule has 16 heavy (non-hydrogen) atoms. The van der Waals surface area contributed by atoms with Gasteiger partial charge in [0, 0.05) is 10.9 Å². The van der Waals surface area contributed by atoms with E-state index in [9.17, 15) is 0 Å². The van der Waals surface area contributed by atoms with Crippen LogP contribution in [0.2, 0.25) is 5.28 Å². The van der Waals surface area contributed by atoms with Gasteiger partial charge in [0.15, 0.2) is 0 Å². The van der Waals surface area contributed by atoms with Gasteiger partial charge in [-0.05, 0) is 37.9 Å². The van der Waals surface area contributed by atoms with E-state index in [1.54, 1.807) is 11.3 Å². The molecule has 0 bridgehead atoms. The number of thiophene rings is 1. The maximum absolute atomic E-state index is 5.90. The first-order valence-corrected chi connectivity index (χ1v) is 6.49. The maximum Gasteiger partial charge on any atom is 0.225 e. The van der Waals surface area contributed by atoms with E-state index in [0.29, 0.717) is 11.3 Å². The highest BCUT2D eigenvalue weighted by Gasteiger charge is 2.10. The number of halogens is 1. The van der Waals surface area contributed by atoms with Gasteiger partial charge >= 0.3 is 0 Å². The fourth-order valence-corrected chi connectivity index (χ4v) is 2.56. The lowest BCUT2D eigenvalue weighted by Crippen LogP contribution is -2.14. The van der Waals surface area contributed by atoms with Gasteiger partial charge < -0.3 is 5.32 Å². The highest BCUT2D eigenvalue weighted by molar-refractivity contribution is 7.18. The van der Waals surface area contributed by atoms with E-state index in [1.165, 1.54) is 4.88 Å². The van der Waals surface area contributed by atoms with E-state index in [2.05, 4.69) is 42.1 Å². The molecule has 0 saturated heterocycles. The van der Waals surface area contributed by atoms with Crippen LogP contribution in [0.1, 0.15) is 25.1 Å². The average Bonchev–Trinajstić information content (AvgIpc) is 2.58. The fraction of sp³-hybridized carbons (Fsp3) is 0.455. The highest BCUT2D eigenvalue weighted by atomic mass is 35.5. The van der Waals surface area contributed by atoms with Crippen molar-refractivity contribution in [3.63, 3.8) is 0 Å². The third kappa shape index (κ3) is 2.28. The van der Waals surface area contributed by atoms with Crippen molar-refractivity contribution < 1.29 is 0 Å². The summed E-state index contributed by atoms with van der Waals surface area (Å²) < 4.78 is 0. The molecule has 0 spiro atoms. The lowest BCUT2D eigenvalue weighted by molar-refractivity contribution is 0.760. The van der Waals surface area contributed by atoms with Crippen LogP contribution in [0, 0.1) is 6.92 Å². The summed E-state index contributed by atoms with van der Waals surface area (Å²) in [6.45, 7) is 6.32. The molecule has 2 aromatic heterocycles. The van der Waals surface area contributed by atoms with Crippen molar-refractivity contribution in [2.24, 2.45) is 0 Å². The summed E-state index contributed by atoms with van der Waals surface area (Å²) in [5, 5.41) is 4.73. The lowest BCUT2D eigenvalue weighted by atomic mass is 10.2. The summed E-state index contributed by atoms with van der Waals surface area (Å²) in [5.41, 5.74) is 0. The Balaban J connectivity index is 2.49. The van der Waals surface area contributed by atoms with Crippen LogP contribution in [0.4, 0.5) is 5.82 Å². The molecule has 0 saturated carbocycles. The van der Waals surface area contributed by atoms with Crippen molar-refractivity contribution in [3.05, 3.63) is 16.2 Å². The minimum atomic E-state index is 0.306. The molecule has 1 atom stereocenters. The third-order valence-corrected chi connectivity index (χ3v) is 3.60. The Morgan fingerprint density at radius 3 is 2.94 bits per heavy atom. The Bertz CT molecular complexity index is 509. The first-order valence-electron chi connectivity index (χ1n) is 5.30. The average molecular weight is 256 g/mol. The summed E-state index contributed by atoms with van der Waals surface area (Å²) in [7, 11) is 0. The van der Waals surface area contributed by atoms with E-state index in [-0.39, 0.29) is 0 Å². The molecule has 0 aliphatic heterocycles. The Hall–Kier alpha value is -0.870. The molecule has 1 N–H and O–H groups in total. The smallest absolute Gasteiger partial charge is 0.225 e. The van der Waals surface area contributed by atoms with Crippen LogP contribution in [0.5, 0.6) is 0 Å². The first kappa shape index (κ1) is 11.6. The van der Waals surface area contributed by atoms with Crippen molar-refractivity contribution in [1.29, 1.82) is 0 Å². The van der Waals surface area contributed by atoms with Crippen molar-refractivity contribution in [2.75, 3.05) is 5.32 Å². The lowest BCUT2D eigenvalue weighted by Gasteiger charge is -2.12. The zero-order chi connectivity index (χ0) is 11.7. The second-order valence-electron chi connectivity index (χ2n) is 3.87. The van der Waals surface area contributed by atoms with Crippen LogP contribution >= 0.6 is 22.9 Å². The number of anilines is 1. The second-order valence-corrected chi connectivity index (χ2v) is 5.44. The van der Waals surface area contributed by atoms with Gasteiger partial charge in [0.05, 0.1) is 5.39 Å². The molecule has 3 nitrogen and oxygen atoms in total. The third-order valence-electron chi connectivity index (χ3n) is 2.48. The summed E-state index contributed by atoms with van der Waals surface area (Å²) in [5.74, 6) is 0.841. The van der Waals surface area contributed by atoms with Gasteiger partial charge in [-0.25, -0.2) is 9.97 Å². The Kier molecular flexibility index (Phi) is 3.30. The van der Waals surface area contributed by atoms with Crippen LogP contribution < -0.4 is 5.32 Å². The van der Waals surface area contributed by atoms with Gasteiger partial charge in [0.25, 0.3) is 0 Å². The quantitative estimate of drug-likeness (QED) is 0.847. The molecule has 1 unspecified atom stereocenters. The maximum atomic E-state index is 5.90. The molecule has 0 aliphatic rings. The molecule has 2 rings (SSSR count). The number of hydrogen-bond donors (Lipinski definition) is 1. The monoisotopic (exact) mass is 255 g/mol. The van der Waals surface area contributed by atoms with Crippen molar-refractivity contribution in [1.82, 2.24) is 9.97 Å². The predicted molar refractivity (Wildman–Crippen MR) is 70.5 cm³/mol. The summed E-state index contributed by atoms with van der Waals surface area (Å²) in [4.78, 5) is 10.6. The minimum Gasteiger partial charge on any atom is -0.367 e. The van der Waals surface area contributed by atoms with Gasteiger partial charge in [-0.3, -0.25) is 0 Å². The molecule has 5 heteroatoms. The molecule has 2 aromatic rings. The van der Waals surface area contributed by atoms with Gasteiger partial charge in [-0.2, -0.15) is 0 Å². The van der Waals surface area contributed by atoms with E-state index in [4.69, 9.17) is 11.6 Å². The van der Waals surface area contributed by atoms with E-state index in [0.717, 1.165) is 22.5 Å². The molecule has 0 aliphatic carbocycles. The van der Waals surface area contributed by atoms with Crippen molar-refractivity contribution in [3.8, 4) is 0 Å². The van der Waals surface area contributed by atoms with Gasteiger partial charge in [-0.1, -0.05) is 6.92 Å². The summed E-state index contributed by atoms with van der Waals surface area (Å²) >= 11 is 7.54. The van der Waals surface area contributed by atoms with Gasteiger partial charge in [0.1, 0.15) is 10.6 Å². The minimum absolute atomic E-state index is 0.306. The Labute approximate surface area is 104 Å². The van der Waals surface area contributed by atoms with Gasteiger partial charge in [-0.15, -0.1) is 11.3 Å². The number of fused-ring (bicyclic) bond motifs is 1. The molecule has 0 aromatic carbocycles. The molecule has 0 radical (unpaired) electrons. The normalized spacial score (nSPS) is 13.0. The zero-order valence-corrected chi connectivity index (χ0v) is 11.1. The summed E-state index contributed by atoms with van der Waals surface area (Å²) in [6.07, 6.45) is 1.05. The Morgan fingerprint density at radius 2 is 2.25 bits per heavy atom. The molecule has 2 heterocycles. The molecular weight excluding hydrogens is 242 g/mol. The number of hydrogen-bond acceptors (Lipinski definition) is 4. The number of rotatable bonds is 3. The summed E-state index contributed by atoms with van der Waals surface area (Å²) in [6, 6.07) is 2.48. The SMILES string of the molecule is CCC(C)Nc1nc(Cl)nc2sc(C)cc12. The van der Waals surface area contributed by atoms with Crippen LogP contribution in [0.15, 0.2) is 6.07 Å². The van der Waals surface area contributed by atoms with E-state index in [1.807, 2.05) is 0 Å². The number of aromatic nitrogens is 2. The molecule has 0 amide bonds. The second kappa shape index (κ2) is 4.55. The number of nitrogens with one attached hydrogen (secondary N) is 1. The zero-order valence-electron chi connectivity index (χ0n) is 9.54. The highest BCUT2D eigenvalue weighted by Crippen LogP contribution is 2.29. The molecule has 86 valence electrons. The van der Waals surface area contributed by atoms with Crippen LogP contribution in [0.25, 0.3) is 10.2 Å². The van der Waals surface area contributed by atoms with Gasteiger partial charge in [0.2, 0.25) is 5.28 Å². The molecule has 0 fully saturated rings. The topological polar surface area (TPSA) is 37.8 Å².